The van der Waals surface area contributed by atoms with E-state index in [2.05, 4.69) is 20.3 Å². The maximum atomic E-state index is 5.36. The Morgan fingerprint density at radius 1 is 1.25 bits per heavy atom. The van der Waals surface area contributed by atoms with Crippen molar-refractivity contribution in [2.45, 2.75) is 32.7 Å². The number of aryl methyl sites for hydroxylation is 2. The maximum absolute atomic E-state index is 5.36. The molecule has 0 aromatic carbocycles. The zero-order valence-electron chi connectivity index (χ0n) is 11.8. The van der Waals surface area contributed by atoms with Crippen LogP contribution >= 0.6 is 0 Å². The number of nitrogens with zero attached hydrogens (tertiary/aromatic N) is 4. The van der Waals surface area contributed by atoms with Crippen LogP contribution < -0.4 is 5.32 Å². The van der Waals surface area contributed by atoms with Gasteiger partial charge in [-0.25, -0.2) is 9.97 Å². The topological polar surface area (TPSA) is 64.9 Å². The molecule has 0 atom stereocenters. The monoisotopic (exact) mass is 273 g/mol. The summed E-state index contributed by atoms with van der Waals surface area (Å²) in [6.45, 7) is 5.57. The Hall–Kier alpha value is -1.95. The average molecular weight is 273 g/mol. The van der Waals surface area contributed by atoms with E-state index in [9.17, 15) is 0 Å². The van der Waals surface area contributed by atoms with Crippen LogP contribution in [0.5, 0.6) is 0 Å². The van der Waals surface area contributed by atoms with Gasteiger partial charge in [0.15, 0.2) is 0 Å². The van der Waals surface area contributed by atoms with Gasteiger partial charge in [-0.3, -0.25) is 4.57 Å². The lowest BCUT2D eigenvalue weighted by Gasteiger charge is -2.23. The second kappa shape index (κ2) is 5.58. The van der Waals surface area contributed by atoms with E-state index in [0.29, 0.717) is 12.0 Å². The van der Waals surface area contributed by atoms with E-state index in [0.717, 1.165) is 43.1 Å². The second-order valence-electron chi connectivity index (χ2n) is 5.15. The van der Waals surface area contributed by atoms with Gasteiger partial charge in [-0.1, -0.05) is 0 Å². The molecule has 20 heavy (non-hydrogen) atoms. The first-order chi connectivity index (χ1) is 9.72. The minimum atomic E-state index is 0.392. The predicted octanol–water partition coefficient (Wildman–Crippen LogP) is 1.87. The summed E-state index contributed by atoms with van der Waals surface area (Å²) in [4.78, 5) is 13.2. The highest BCUT2D eigenvalue weighted by Gasteiger charge is 2.15. The number of imidazole rings is 1. The summed E-state index contributed by atoms with van der Waals surface area (Å²) in [6, 6.07) is 0.392. The summed E-state index contributed by atoms with van der Waals surface area (Å²) in [7, 11) is 0. The van der Waals surface area contributed by atoms with Gasteiger partial charge in [-0.05, 0) is 26.7 Å². The van der Waals surface area contributed by atoms with Crippen molar-refractivity contribution in [2.75, 3.05) is 18.5 Å². The van der Waals surface area contributed by atoms with Gasteiger partial charge in [0.05, 0.1) is 5.69 Å². The molecule has 3 heterocycles. The molecular weight excluding hydrogens is 254 g/mol. The van der Waals surface area contributed by atoms with Crippen molar-refractivity contribution in [1.82, 2.24) is 19.5 Å². The van der Waals surface area contributed by atoms with Crippen LogP contribution in [0.15, 0.2) is 18.7 Å². The summed E-state index contributed by atoms with van der Waals surface area (Å²) in [6.07, 6.45) is 7.59. The highest BCUT2D eigenvalue weighted by Crippen LogP contribution is 2.16. The molecule has 0 radical (unpaired) electrons. The highest BCUT2D eigenvalue weighted by molar-refractivity contribution is 5.38. The fourth-order valence-corrected chi connectivity index (χ4v) is 2.33. The largest absolute Gasteiger partial charge is 0.381 e. The maximum Gasteiger partial charge on any atom is 0.224 e. The summed E-state index contributed by atoms with van der Waals surface area (Å²) < 4.78 is 7.29. The molecule has 6 heteroatoms. The number of hydrogen-bond donors (Lipinski definition) is 1. The third kappa shape index (κ3) is 2.80. The van der Waals surface area contributed by atoms with E-state index < -0.39 is 0 Å². The summed E-state index contributed by atoms with van der Waals surface area (Å²) in [5.74, 6) is 1.54. The number of rotatable bonds is 3. The number of aromatic nitrogens is 4. The van der Waals surface area contributed by atoms with Gasteiger partial charge in [-0.15, -0.1) is 0 Å². The third-order valence-corrected chi connectivity index (χ3v) is 3.46. The Labute approximate surface area is 118 Å². The van der Waals surface area contributed by atoms with Gasteiger partial charge in [0.2, 0.25) is 5.95 Å². The van der Waals surface area contributed by atoms with Crippen LogP contribution in [0, 0.1) is 13.8 Å². The van der Waals surface area contributed by atoms with Crippen molar-refractivity contribution in [1.29, 1.82) is 0 Å². The summed E-state index contributed by atoms with van der Waals surface area (Å²) in [5.41, 5.74) is 2.00. The van der Waals surface area contributed by atoms with Gasteiger partial charge in [-0.2, -0.15) is 4.98 Å². The van der Waals surface area contributed by atoms with E-state index in [-0.39, 0.29) is 0 Å². The zero-order chi connectivity index (χ0) is 13.9. The smallest absolute Gasteiger partial charge is 0.224 e. The van der Waals surface area contributed by atoms with Crippen LogP contribution in [0.2, 0.25) is 0 Å². The first kappa shape index (κ1) is 13.1. The first-order valence-corrected chi connectivity index (χ1v) is 6.91. The van der Waals surface area contributed by atoms with Crippen LogP contribution in [0.4, 0.5) is 5.95 Å². The van der Waals surface area contributed by atoms with Crippen LogP contribution in [-0.4, -0.2) is 38.8 Å². The Morgan fingerprint density at radius 2 is 2.05 bits per heavy atom. The quantitative estimate of drug-likeness (QED) is 0.925. The molecule has 1 aliphatic heterocycles. The van der Waals surface area contributed by atoms with Crippen LogP contribution in [0.1, 0.15) is 24.1 Å². The molecule has 2 aromatic rings. The molecule has 0 bridgehead atoms. The Bertz CT molecular complexity index is 589. The first-order valence-electron chi connectivity index (χ1n) is 6.91. The van der Waals surface area contributed by atoms with E-state index >= 15 is 0 Å². The lowest BCUT2D eigenvalue weighted by atomic mass is 10.1. The Balaban J connectivity index is 1.82. The minimum absolute atomic E-state index is 0.392. The minimum Gasteiger partial charge on any atom is -0.381 e. The SMILES string of the molecule is Cc1cn(-c2nc(NC3CCOCC3)ncc2C)cn1. The molecular formula is C14H19N5O. The van der Waals surface area contributed by atoms with Gasteiger partial charge < -0.3 is 10.1 Å². The number of ether oxygens (including phenoxy) is 1. The van der Waals surface area contributed by atoms with Crippen molar-refractivity contribution in [2.24, 2.45) is 0 Å². The van der Waals surface area contributed by atoms with Crippen molar-refractivity contribution in [3.63, 3.8) is 0 Å². The molecule has 2 aromatic heterocycles. The standard InChI is InChI=1S/C14H19N5O/c1-10-7-15-14(17-12-3-5-20-6-4-12)18-13(10)19-8-11(2)16-9-19/h7-9,12H,3-6H2,1-2H3,(H,15,17,18). The van der Waals surface area contributed by atoms with E-state index in [1.165, 1.54) is 0 Å². The molecule has 106 valence electrons. The second-order valence-corrected chi connectivity index (χ2v) is 5.15. The molecule has 1 saturated heterocycles. The van der Waals surface area contributed by atoms with Crippen molar-refractivity contribution < 1.29 is 4.74 Å². The lowest BCUT2D eigenvalue weighted by molar-refractivity contribution is 0.0903. The molecule has 0 spiro atoms. The molecule has 1 fully saturated rings. The lowest BCUT2D eigenvalue weighted by Crippen LogP contribution is -2.28. The van der Waals surface area contributed by atoms with Gasteiger partial charge in [0.25, 0.3) is 0 Å². The molecule has 6 nitrogen and oxygen atoms in total. The van der Waals surface area contributed by atoms with E-state index in [1.54, 1.807) is 6.33 Å². The van der Waals surface area contributed by atoms with E-state index in [1.807, 2.05) is 30.8 Å². The van der Waals surface area contributed by atoms with Crippen LogP contribution in [-0.2, 0) is 4.74 Å². The van der Waals surface area contributed by atoms with Crippen LogP contribution in [0.3, 0.4) is 0 Å². The van der Waals surface area contributed by atoms with Gasteiger partial charge in [0.1, 0.15) is 12.1 Å². The van der Waals surface area contributed by atoms with Gasteiger partial charge >= 0.3 is 0 Å². The van der Waals surface area contributed by atoms with E-state index in [4.69, 9.17) is 4.74 Å². The fourth-order valence-electron chi connectivity index (χ4n) is 2.33. The van der Waals surface area contributed by atoms with Crippen molar-refractivity contribution >= 4 is 5.95 Å². The van der Waals surface area contributed by atoms with Crippen molar-refractivity contribution in [3.05, 3.63) is 30.0 Å². The number of hydrogen-bond acceptors (Lipinski definition) is 5. The molecule has 0 unspecified atom stereocenters. The van der Waals surface area contributed by atoms with Crippen molar-refractivity contribution in [3.8, 4) is 5.82 Å². The normalized spacial score (nSPS) is 16.3. The molecule has 0 aliphatic carbocycles. The summed E-state index contributed by atoms with van der Waals surface area (Å²) in [5, 5.41) is 3.39. The highest BCUT2D eigenvalue weighted by atomic mass is 16.5. The molecule has 0 amide bonds. The Kier molecular flexibility index (Phi) is 3.64. The van der Waals surface area contributed by atoms with Crippen LogP contribution in [0.25, 0.3) is 5.82 Å². The average Bonchev–Trinajstić information content (AvgIpc) is 2.89. The fraction of sp³-hybridized carbons (Fsp3) is 0.500. The molecule has 1 N–H and O–H groups in total. The molecule has 3 rings (SSSR count). The van der Waals surface area contributed by atoms with Gasteiger partial charge in [0, 0.05) is 37.2 Å². The summed E-state index contributed by atoms with van der Waals surface area (Å²) >= 11 is 0. The Morgan fingerprint density at radius 3 is 2.75 bits per heavy atom. The molecule has 0 saturated carbocycles. The zero-order valence-corrected chi connectivity index (χ0v) is 11.8. The third-order valence-electron chi connectivity index (χ3n) is 3.46. The number of nitrogens with one attached hydrogen (secondary N) is 1. The number of anilines is 1. The molecule has 1 aliphatic rings. The predicted molar refractivity (Wildman–Crippen MR) is 76.1 cm³/mol.